The second-order valence-electron chi connectivity index (χ2n) is 4.66. The van der Waals surface area contributed by atoms with Gasteiger partial charge in [-0.05, 0) is 38.8 Å². The van der Waals surface area contributed by atoms with Crippen LogP contribution in [0.25, 0.3) is 0 Å². The Balaban J connectivity index is 2.01. The summed E-state index contributed by atoms with van der Waals surface area (Å²) in [6.07, 6.45) is 6.95. The lowest BCUT2D eigenvalue weighted by atomic mass is 9.82. The molecule has 1 saturated carbocycles. The number of likely N-dealkylation sites (tertiary alicyclic amines) is 1. The Labute approximate surface area is 86.7 Å². The molecule has 0 amide bonds. The molecule has 0 N–H and O–H groups in total. The van der Waals surface area contributed by atoms with E-state index in [-0.39, 0.29) is 0 Å². The van der Waals surface area contributed by atoms with E-state index in [0.717, 1.165) is 25.8 Å². The molecule has 0 radical (unpaired) electrons. The number of nitrogens with zero attached hydrogens (tertiary/aromatic N) is 1. The molecule has 0 bridgehead atoms. The standard InChI is InChI=1S/C12H21NO/c1-2-13-9-5-7-11(13)10-6-3-4-8-12(10)14/h10-11H,2-9H2,1H3. The molecule has 2 unspecified atom stereocenters. The Morgan fingerprint density at radius 3 is 2.86 bits per heavy atom. The van der Waals surface area contributed by atoms with E-state index in [1.54, 1.807) is 0 Å². The molecule has 2 atom stereocenters. The van der Waals surface area contributed by atoms with Crippen molar-refractivity contribution in [1.29, 1.82) is 0 Å². The first-order valence-electron chi connectivity index (χ1n) is 6.09. The van der Waals surface area contributed by atoms with E-state index in [4.69, 9.17) is 0 Å². The van der Waals surface area contributed by atoms with E-state index < -0.39 is 0 Å². The molecule has 2 heteroatoms. The molecule has 1 aliphatic carbocycles. The van der Waals surface area contributed by atoms with Crippen molar-refractivity contribution in [2.45, 2.75) is 51.5 Å². The Morgan fingerprint density at radius 2 is 2.14 bits per heavy atom. The van der Waals surface area contributed by atoms with E-state index in [0.29, 0.717) is 17.7 Å². The van der Waals surface area contributed by atoms with Crippen LogP contribution in [0.15, 0.2) is 0 Å². The van der Waals surface area contributed by atoms with E-state index >= 15 is 0 Å². The number of ketones is 1. The topological polar surface area (TPSA) is 20.3 Å². The van der Waals surface area contributed by atoms with E-state index in [1.165, 1.54) is 25.8 Å². The summed E-state index contributed by atoms with van der Waals surface area (Å²) in [5.41, 5.74) is 0. The van der Waals surface area contributed by atoms with Gasteiger partial charge in [-0.25, -0.2) is 0 Å². The zero-order valence-corrected chi connectivity index (χ0v) is 9.17. The van der Waals surface area contributed by atoms with Crippen LogP contribution in [0.3, 0.4) is 0 Å². The fraction of sp³-hybridized carbons (Fsp3) is 0.917. The summed E-state index contributed by atoms with van der Waals surface area (Å²) in [6.45, 7) is 4.55. The molecule has 1 aliphatic heterocycles. The summed E-state index contributed by atoms with van der Waals surface area (Å²) in [5, 5.41) is 0. The lowest BCUT2D eigenvalue weighted by Crippen LogP contribution is -2.40. The Kier molecular flexibility index (Phi) is 3.22. The van der Waals surface area contributed by atoms with Crippen molar-refractivity contribution in [1.82, 2.24) is 4.90 Å². The lowest BCUT2D eigenvalue weighted by Gasteiger charge is -2.32. The number of carbonyl (C=O) groups is 1. The molecule has 1 heterocycles. The minimum absolute atomic E-state index is 0.381. The monoisotopic (exact) mass is 195 g/mol. The normalized spacial score (nSPS) is 35.1. The van der Waals surface area contributed by atoms with Gasteiger partial charge in [-0.1, -0.05) is 13.3 Å². The summed E-state index contributed by atoms with van der Waals surface area (Å²) in [7, 11) is 0. The van der Waals surface area contributed by atoms with Crippen LogP contribution in [0.4, 0.5) is 0 Å². The fourth-order valence-corrected chi connectivity index (χ4v) is 3.12. The average Bonchev–Trinajstić information content (AvgIpc) is 2.66. The van der Waals surface area contributed by atoms with Crippen molar-refractivity contribution in [2.24, 2.45) is 5.92 Å². The van der Waals surface area contributed by atoms with Gasteiger partial charge in [-0.3, -0.25) is 9.69 Å². The van der Waals surface area contributed by atoms with E-state index in [9.17, 15) is 4.79 Å². The van der Waals surface area contributed by atoms with E-state index in [1.807, 2.05) is 0 Å². The lowest BCUT2D eigenvalue weighted by molar-refractivity contribution is -0.126. The molecule has 2 rings (SSSR count). The number of carbonyl (C=O) groups excluding carboxylic acids is 1. The predicted molar refractivity (Wildman–Crippen MR) is 57.2 cm³/mol. The predicted octanol–water partition coefficient (Wildman–Crippen LogP) is 2.23. The van der Waals surface area contributed by atoms with Crippen LogP contribution in [-0.4, -0.2) is 29.8 Å². The van der Waals surface area contributed by atoms with Gasteiger partial charge >= 0.3 is 0 Å². The van der Waals surface area contributed by atoms with Gasteiger partial charge in [0, 0.05) is 18.4 Å². The van der Waals surface area contributed by atoms with Crippen LogP contribution in [0.5, 0.6) is 0 Å². The van der Waals surface area contributed by atoms with Crippen LogP contribution < -0.4 is 0 Å². The van der Waals surface area contributed by atoms with Crippen LogP contribution in [0, 0.1) is 5.92 Å². The first kappa shape index (κ1) is 10.2. The Bertz CT molecular complexity index is 214. The highest BCUT2D eigenvalue weighted by Crippen LogP contribution is 2.31. The zero-order valence-electron chi connectivity index (χ0n) is 9.17. The maximum absolute atomic E-state index is 11.8. The molecule has 0 spiro atoms. The summed E-state index contributed by atoms with van der Waals surface area (Å²) in [5.74, 6) is 0.924. The van der Waals surface area contributed by atoms with Crippen molar-refractivity contribution < 1.29 is 4.79 Å². The number of hydrogen-bond donors (Lipinski definition) is 0. The van der Waals surface area contributed by atoms with Crippen LogP contribution in [0.1, 0.15) is 45.4 Å². The Hall–Kier alpha value is -0.370. The van der Waals surface area contributed by atoms with Gasteiger partial charge in [0.15, 0.2) is 0 Å². The van der Waals surface area contributed by atoms with Crippen molar-refractivity contribution in [3.63, 3.8) is 0 Å². The van der Waals surface area contributed by atoms with Crippen LogP contribution >= 0.6 is 0 Å². The van der Waals surface area contributed by atoms with Gasteiger partial charge in [0.2, 0.25) is 0 Å². The molecule has 2 nitrogen and oxygen atoms in total. The molecule has 1 saturated heterocycles. The molecule has 0 aromatic carbocycles. The molecule has 0 aromatic heterocycles. The third-order valence-corrected chi connectivity index (χ3v) is 3.89. The highest BCUT2D eigenvalue weighted by Gasteiger charge is 2.35. The first-order chi connectivity index (χ1) is 6.83. The molecule has 14 heavy (non-hydrogen) atoms. The van der Waals surface area contributed by atoms with E-state index in [2.05, 4.69) is 11.8 Å². The molecule has 2 fully saturated rings. The van der Waals surface area contributed by atoms with Gasteiger partial charge < -0.3 is 0 Å². The second-order valence-corrected chi connectivity index (χ2v) is 4.66. The summed E-state index contributed by atoms with van der Waals surface area (Å²) < 4.78 is 0. The Morgan fingerprint density at radius 1 is 1.29 bits per heavy atom. The van der Waals surface area contributed by atoms with Crippen molar-refractivity contribution in [3.05, 3.63) is 0 Å². The van der Waals surface area contributed by atoms with Crippen molar-refractivity contribution >= 4 is 5.78 Å². The SMILES string of the molecule is CCN1CCCC1C1CCCCC1=O. The third-order valence-electron chi connectivity index (χ3n) is 3.89. The smallest absolute Gasteiger partial charge is 0.137 e. The highest BCUT2D eigenvalue weighted by atomic mass is 16.1. The summed E-state index contributed by atoms with van der Waals surface area (Å²) >= 11 is 0. The molecule has 2 aliphatic rings. The van der Waals surface area contributed by atoms with Gasteiger partial charge in [-0.15, -0.1) is 0 Å². The fourth-order valence-electron chi connectivity index (χ4n) is 3.12. The second kappa shape index (κ2) is 4.43. The highest BCUT2D eigenvalue weighted by molar-refractivity contribution is 5.82. The molecular formula is C12H21NO. The van der Waals surface area contributed by atoms with Gasteiger partial charge in [0.25, 0.3) is 0 Å². The minimum Gasteiger partial charge on any atom is -0.300 e. The number of hydrogen-bond acceptors (Lipinski definition) is 2. The van der Waals surface area contributed by atoms with Crippen molar-refractivity contribution in [3.8, 4) is 0 Å². The minimum atomic E-state index is 0.381. The zero-order chi connectivity index (χ0) is 9.97. The third kappa shape index (κ3) is 1.85. The van der Waals surface area contributed by atoms with Crippen LogP contribution in [0.2, 0.25) is 0 Å². The number of rotatable bonds is 2. The molecular weight excluding hydrogens is 174 g/mol. The number of Topliss-reactive ketones (excluding diaryl/α,β-unsaturated/α-hetero) is 1. The quantitative estimate of drug-likeness (QED) is 0.673. The maximum atomic E-state index is 11.8. The molecule has 80 valence electrons. The summed E-state index contributed by atoms with van der Waals surface area (Å²) in [6, 6.07) is 0.591. The van der Waals surface area contributed by atoms with Gasteiger partial charge in [0.1, 0.15) is 5.78 Å². The van der Waals surface area contributed by atoms with Gasteiger partial charge in [0.05, 0.1) is 0 Å². The van der Waals surface area contributed by atoms with Gasteiger partial charge in [-0.2, -0.15) is 0 Å². The van der Waals surface area contributed by atoms with Crippen LogP contribution in [-0.2, 0) is 4.79 Å². The molecule has 0 aromatic rings. The maximum Gasteiger partial charge on any atom is 0.137 e. The summed E-state index contributed by atoms with van der Waals surface area (Å²) in [4.78, 5) is 14.3. The first-order valence-corrected chi connectivity index (χ1v) is 6.09. The largest absolute Gasteiger partial charge is 0.300 e. The van der Waals surface area contributed by atoms with Crippen molar-refractivity contribution in [2.75, 3.05) is 13.1 Å². The average molecular weight is 195 g/mol.